The molecule has 0 bridgehead atoms. The van der Waals surface area contributed by atoms with E-state index < -0.39 is 0 Å². The van der Waals surface area contributed by atoms with Crippen LogP contribution in [0.2, 0.25) is 0 Å². The summed E-state index contributed by atoms with van der Waals surface area (Å²) in [5.74, 6) is -0.193. The van der Waals surface area contributed by atoms with Gasteiger partial charge >= 0.3 is 0 Å². The number of benzene rings is 1. The number of aromatic hydroxyl groups is 2. The molecule has 1 aliphatic carbocycles. The van der Waals surface area contributed by atoms with Crippen LogP contribution in [0.25, 0.3) is 10.9 Å². The number of fused-ring (bicyclic) bond motifs is 2. The quantitative estimate of drug-likeness (QED) is 0.638. The molecule has 0 spiro atoms. The first-order valence-electron chi connectivity index (χ1n) is 8.99. The van der Waals surface area contributed by atoms with E-state index in [9.17, 15) is 10.2 Å². The average molecular weight is 327 g/mol. The molecule has 1 fully saturated rings. The normalized spacial score (nSPS) is 23.9. The molecule has 5 nitrogen and oxygen atoms in total. The van der Waals surface area contributed by atoms with Crippen LogP contribution in [0.4, 0.5) is 5.69 Å². The molecule has 4 rings (SSSR count). The van der Waals surface area contributed by atoms with Gasteiger partial charge in [0.25, 0.3) is 0 Å². The van der Waals surface area contributed by atoms with E-state index in [0.717, 1.165) is 54.5 Å². The Morgan fingerprint density at radius 1 is 1.12 bits per heavy atom. The van der Waals surface area contributed by atoms with Crippen LogP contribution in [0.1, 0.15) is 43.9 Å². The van der Waals surface area contributed by atoms with Crippen molar-refractivity contribution >= 4 is 16.6 Å². The van der Waals surface area contributed by atoms with Gasteiger partial charge in [0, 0.05) is 41.5 Å². The number of anilines is 1. The van der Waals surface area contributed by atoms with Crippen LogP contribution in [0, 0.1) is 0 Å². The molecule has 0 saturated carbocycles. The van der Waals surface area contributed by atoms with Crippen molar-refractivity contribution in [3.63, 3.8) is 0 Å². The van der Waals surface area contributed by atoms with Crippen molar-refractivity contribution in [1.82, 2.24) is 10.3 Å². The third-order valence-electron chi connectivity index (χ3n) is 5.36. The topological polar surface area (TPSA) is 77.4 Å². The highest BCUT2D eigenvalue weighted by atomic mass is 16.3. The Labute approximate surface area is 142 Å². The van der Waals surface area contributed by atoms with Gasteiger partial charge in [0.15, 0.2) is 11.5 Å². The number of phenols is 2. The molecule has 1 aromatic carbocycles. The van der Waals surface area contributed by atoms with Crippen LogP contribution in [0.5, 0.6) is 11.5 Å². The lowest BCUT2D eigenvalue weighted by atomic mass is 10.0. The zero-order valence-electron chi connectivity index (χ0n) is 14.1. The van der Waals surface area contributed by atoms with Gasteiger partial charge in [-0.15, -0.1) is 0 Å². The minimum Gasteiger partial charge on any atom is -0.504 e. The number of nitrogens with one attached hydrogen (secondary N) is 2. The largest absolute Gasteiger partial charge is 0.504 e. The molecule has 5 heteroatoms. The predicted octanol–water partition coefficient (Wildman–Crippen LogP) is 3.08. The van der Waals surface area contributed by atoms with E-state index in [2.05, 4.69) is 17.6 Å². The van der Waals surface area contributed by atoms with Gasteiger partial charge in [0.1, 0.15) is 0 Å². The molecule has 2 atom stereocenters. The molecule has 1 aromatic heterocycles. The standard InChI is InChI=1S/C19H25N3O2/c1-11-4-2-5-12(10-20-11)21-19-13-6-3-7-15(13)22-16-9-18(24)17(23)8-14(16)19/h8-9,11-12,20,23-24H,2-7,10H2,1H3,(H,21,22). The first-order chi connectivity index (χ1) is 11.6. The van der Waals surface area contributed by atoms with Crippen LogP contribution in [-0.2, 0) is 12.8 Å². The number of aryl methyl sites for hydroxylation is 1. The summed E-state index contributed by atoms with van der Waals surface area (Å²) in [7, 11) is 0. The van der Waals surface area contributed by atoms with Crippen molar-refractivity contribution in [3.05, 3.63) is 23.4 Å². The molecule has 4 N–H and O–H groups in total. The van der Waals surface area contributed by atoms with Crippen molar-refractivity contribution in [1.29, 1.82) is 0 Å². The van der Waals surface area contributed by atoms with Crippen molar-refractivity contribution in [2.45, 2.75) is 57.5 Å². The molecule has 128 valence electrons. The van der Waals surface area contributed by atoms with Gasteiger partial charge in [0.05, 0.1) is 5.52 Å². The van der Waals surface area contributed by atoms with Gasteiger partial charge in [-0.3, -0.25) is 4.98 Å². The maximum absolute atomic E-state index is 9.96. The summed E-state index contributed by atoms with van der Waals surface area (Å²) >= 11 is 0. The van der Waals surface area contributed by atoms with Gasteiger partial charge in [-0.1, -0.05) is 0 Å². The summed E-state index contributed by atoms with van der Waals surface area (Å²) < 4.78 is 0. The second kappa shape index (κ2) is 6.13. The summed E-state index contributed by atoms with van der Waals surface area (Å²) in [5.41, 5.74) is 4.27. The molecule has 0 amide bonds. The van der Waals surface area contributed by atoms with Gasteiger partial charge in [-0.05, 0) is 57.1 Å². The van der Waals surface area contributed by atoms with Crippen LogP contribution < -0.4 is 10.6 Å². The molecular formula is C19H25N3O2. The Morgan fingerprint density at radius 3 is 2.83 bits per heavy atom. The first kappa shape index (κ1) is 15.5. The molecule has 1 aliphatic heterocycles. The fourth-order valence-corrected chi connectivity index (χ4v) is 4.00. The van der Waals surface area contributed by atoms with Crippen molar-refractivity contribution in [2.24, 2.45) is 0 Å². The molecule has 2 aromatic rings. The van der Waals surface area contributed by atoms with Crippen molar-refractivity contribution in [2.75, 3.05) is 11.9 Å². The summed E-state index contributed by atoms with van der Waals surface area (Å²) in [4.78, 5) is 4.72. The number of phenolic OH excluding ortho intramolecular Hbond substituents is 2. The van der Waals surface area contributed by atoms with Gasteiger partial charge in [-0.2, -0.15) is 0 Å². The number of hydrogen-bond acceptors (Lipinski definition) is 5. The predicted molar refractivity (Wildman–Crippen MR) is 95.8 cm³/mol. The highest BCUT2D eigenvalue weighted by Gasteiger charge is 2.23. The maximum atomic E-state index is 9.96. The van der Waals surface area contributed by atoms with E-state index >= 15 is 0 Å². The molecule has 2 aliphatic rings. The Bertz CT molecular complexity index is 775. The molecule has 0 radical (unpaired) electrons. The fraction of sp³-hybridized carbons (Fsp3) is 0.526. The number of aromatic nitrogens is 1. The molecular weight excluding hydrogens is 302 g/mol. The molecule has 2 unspecified atom stereocenters. The van der Waals surface area contributed by atoms with E-state index in [1.54, 1.807) is 12.1 Å². The monoisotopic (exact) mass is 327 g/mol. The third-order valence-corrected chi connectivity index (χ3v) is 5.36. The first-order valence-corrected chi connectivity index (χ1v) is 8.99. The number of hydrogen-bond donors (Lipinski definition) is 4. The van der Waals surface area contributed by atoms with Crippen LogP contribution >= 0.6 is 0 Å². The maximum Gasteiger partial charge on any atom is 0.159 e. The second-order valence-corrected chi connectivity index (χ2v) is 7.21. The zero-order chi connectivity index (χ0) is 16.7. The number of pyridine rings is 1. The average Bonchev–Trinajstić information content (AvgIpc) is 2.92. The summed E-state index contributed by atoms with van der Waals surface area (Å²) in [6.07, 6.45) is 6.69. The van der Waals surface area contributed by atoms with Crippen LogP contribution in [-0.4, -0.2) is 33.8 Å². The van der Waals surface area contributed by atoms with E-state index in [1.807, 2.05) is 0 Å². The molecule has 2 heterocycles. The number of rotatable bonds is 2. The highest BCUT2D eigenvalue weighted by molar-refractivity contribution is 5.96. The van der Waals surface area contributed by atoms with Gasteiger partial charge in [0.2, 0.25) is 0 Å². The van der Waals surface area contributed by atoms with E-state index in [4.69, 9.17) is 4.98 Å². The number of nitrogens with zero attached hydrogens (tertiary/aromatic N) is 1. The van der Waals surface area contributed by atoms with Crippen molar-refractivity contribution in [3.8, 4) is 11.5 Å². The lowest BCUT2D eigenvalue weighted by Crippen LogP contribution is -2.34. The minimum absolute atomic E-state index is 0.0853. The summed E-state index contributed by atoms with van der Waals surface area (Å²) in [6, 6.07) is 4.16. The van der Waals surface area contributed by atoms with E-state index in [1.165, 1.54) is 18.4 Å². The minimum atomic E-state index is -0.108. The SMILES string of the molecule is CC1CCCC(Nc2c3c(nc4cc(O)c(O)cc24)CCC3)CN1. The van der Waals surface area contributed by atoms with Crippen LogP contribution in [0.15, 0.2) is 12.1 Å². The molecule has 1 saturated heterocycles. The Hall–Kier alpha value is -2.01. The summed E-state index contributed by atoms with van der Waals surface area (Å²) in [6.45, 7) is 3.19. The zero-order valence-corrected chi connectivity index (χ0v) is 14.1. The van der Waals surface area contributed by atoms with E-state index in [0.29, 0.717) is 12.1 Å². The third kappa shape index (κ3) is 2.77. The fourth-order valence-electron chi connectivity index (χ4n) is 4.00. The van der Waals surface area contributed by atoms with Gasteiger partial charge < -0.3 is 20.8 Å². The van der Waals surface area contributed by atoms with E-state index in [-0.39, 0.29) is 11.5 Å². The lowest BCUT2D eigenvalue weighted by molar-refractivity contribution is 0.405. The Morgan fingerprint density at radius 2 is 1.96 bits per heavy atom. The Balaban J connectivity index is 1.76. The van der Waals surface area contributed by atoms with Crippen molar-refractivity contribution < 1.29 is 10.2 Å². The second-order valence-electron chi connectivity index (χ2n) is 7.21. The van der Waals surface area contributed by atoms with Gasteiger partial charge in [-0.25, -0.2) is 0 Å². The molecule has 24 heavy (non-hydrogen) atoms. The lowest BCUT2D eigenvalue weighted by Gasteiger charge is -2.22. The Kier molecular flexibility index (Phi) is 3.96. The van der Waals surface area contributed by atoms with Crippen LogP contribution in [0.3, 0.4) is 0 Å². The smallest absolute Gasteiger partial charge is 0.159 e. The summed E-state index contributed by atoms with van der Waals surface area (Å²) in [5, 5.41) is 28.0. The highest BCUT2D eigenvalue weighted by Crippen LogP contribution is 2.39.